The van der Waals surface area contributed by atoms with Crippen molar-refractivity contribution in [2.24, 2.45) is 11.8 Å². The Balaban J connectivity index is 1.34. The first-order valence-electron chi connectivity index (χ1n) is 10.5. The Morgan fingerprint density at radius 1 is 1.00 bits per heavy atom. The van der Waals surface area contributed by atoms with E-state index in [9.17, 15) is 14.4 Å². The molecule has 0 saturated carbocycles. The van der Waals surface area contributed by atoms with Crippen LogP contribution in [0.5, 0.6) is 0 Å². The van der Waals surface area contributed by atoms with Crippen LogP contribution in [-0.4, -0.2) is 59.1 Å². The molecule has 3 rings (SSSR count). The number of hydrogen-bond donors (Lipinski definition) is 1. The van der Waals surface area contributed by atoms with Gasteiger partial charge in [-0.05, 0) is 43.6 Å². The fraction of sp³-hybridized carbons (Fsp3) is 0.591. The molecule has 2 aliphatic rings. The molecule has 158 valence electrons. The lowest BCUT2D eigenvalue weighted by Gasteiger charge is -2.33. The molecule has 2 aliphatic heterocycles. The molecule has 1 N–H and O–H groups in total. The van der Waals surface area contributed by atoms with Gasteiger partial charge in [-0.3, -0.25) is 9.59 Å². The molecule has 0 aliphatic carbocycles. The Morgan fingerprint density at radius 3 is 2.41 bits per heavy atom. The molecular weight excluding hydrogens is 372 g/mol. The maximum absolute atomic E-state index is 12.4. The first kappa shape index (κ1) is 21.1. The van der Waals surface area contributed by atoms with E-state index in [0.717, 1.165) is 31.2 Å². The fourth-order valence-electron chi connectivity index (χ4n) is 4.11. The number of nitrogens with zero attached hydrogens (tertiary/aromatic N) is 2. The normalized spacial score (nSPS) is 20.3. The Morgan fingerprint density at radius 2 is 1.72 bits per heavy atom. The molecule has 1 aromatic carbocycles. The summed E-state index contributed by atoms with van der Waals surface area (Å²) in [5.41, 5.74) is 0.970. The summed E-state index contributed by atoms with van der Waals surface area (Å²) < 4.78 is 5.39. The highest BCUT2D eigenvalue weighted by atomic mass is 16.6. The second-order valence-electron chi connectivity index (χ2n) is 8.03. The summed E-state index contributed by atoms with van der Waals surface area (Å²) in [5, 5.41) is 9.16. The van der Waals surface area contributed by atoms with Gasteiger partial charge in [0.1, 0.15) is 6.61 Å². The van der Waals surface area contributed by atoms with Gasteiger partial charge < -0.3 is 19.6 Å². The molecule has 0 radical (unpaired) electrons. The van der Waals surface area contributed by atoms with Crippen LogP contribution in [0.3, 0.4) is 0 Å². The number of ether oxygens (including phenoxy) is 1. The van der Waals surface area contributed by atoms with Crippen LogP contribution in [0, 0.1) is 11.8 Å². The molecular formula is C22H30N2O5. The van der Waals surface area contributed by atoms with Crippen molar-refractivity contribution in [1.29, 1.82) is 0 Å². The van der Waals surface area contributed by atoms with Gasteiger partial charge in [-0.2, -0.15) is 0 Å². The standard InChI is InChI=1S/C22H30N2O5/c25-20(24-12-4-7-19(15-24)21(26)27)9-8-17-10-13-23(14-11-17)22(28)29-16-18-5-2-1-3-6-18/h1-3,5-6,17,19H,4,7-16H2,(H,26,27). The van der Waals surface area contributed by atoms with E-state index < -0.39 is 11.9 Å². The molecule has 2 amide bonds. The molecule has 1 unspecified atom stereocenters. The van der Waals surface area contributed by atoms with Gasteiger partial charge in [0.05, 0.1) is 5.92 Å². The highest BCUT2D eigenvalue weighted by molar-refractivity contribution is 5.78. The van der Waals surface area contributed by atoms with Crippen molar-refractivity contribution in [2.45, 2.75) is 45.1 Å². The predicted octanol–water partition coefficient (Wildman–Crippen LogP) is 3.14. The number of likely N-dealkylation sites (tertiary alicyclic amines) is 2. The predicted molar refractivity (Wildman–Crippen MR) is 107 cm³/mol. The van der Waals surface area contributed by atoms with Crippen molar-refractivity contribution < 1.29 is 24.2 Å². The summed E-state index contributed by atoms with van der Waals surface area (Å²) in [4.78, 5) is 39.3. The smallest absolute Gasteiger partial charge is 0.410 e. The molecule has 1 atom stereocenters. The maximum atomic E-state index is 12.4. The van der Waals surface area contributed by atoms with Crippen LogP contribution in [0.25, 0.3) is 0 Å². The number of aliphatic carboxylic acids is 1. The molecule has 0 bridgehead atoms. The third-order valence-corrected chi connectivity index (χ3v) is 5.97. The number of carboxylic acids is 1. The zero-order valence-electron chi connectivity index (χ0n) is 16.8. The van der Waals surface area contributed by atoms with Crippen LogP contribution < -0.4 is 0 Å². The first-order chi connectivity index (χ1) is 14.0. The third kappa shape index (κ3) is 6.21. The lowest BCUT2D eigenvalue weighted by molar-refractivity contribution is -0.145. The van der Waals surface area contributed by atoms with Crippen LogP contribution in [0.15, 0.2) is 30.3 Å². The largest absolute Gasteiger partial charge is 0.481 e. The summed E-state index contributed by atoms with van der Waals surface area (Å²) in [6.07, 6.45) is 4.10. The number of hydrogen-bond acceptors (Lipinski definition) is 4. The van der Waals surface area contributed by atoms with Crippen LogP contribution in [0.2, 0.25) is 0 Å². The summed E-state index contributed by atoms with van der Waals surface area (Å²) in [5.74, 6) is -0.773. The number of carboxylic acid groups (broad SMARTS) is 1. The van der Waals surface area contributed by atoms with E-state index in [1.54, 1.807) is 9.80 Å². The van der Waals surface area contributed by atoms with E-state index in [1.165, 1.54) is 0 Å². The Kier molecular flexibility index (Phi) is 7.49. The Bertz CT molecular complexity index is 700. The lowest BCUT2D eigenvalue weighted by Crippen LogP contribution is -2.42. The molecule has 7 heteroatoms. The minimum Gasteiger partial charge on any atom is -0.481 e. The quantitative estimate of drug-likeness (QED) is 0.790. The summed E-state index contributed by atoms with van der Waals surface area (Å²) in [6, 6.07) is 9.62. The summed E-state index contributed by atoms with van der Waals surface area (Å²) in [6.45, 7) is 2.57. The number of benzene rings is 1. The second kappa shape index (κ2) is 10.3. The molecule has 2 fully saturated rings. The summed E-state index contributed by atoms with van der Waals surface area (Å²) in [7, 11) is 0. The molecule has 1 aromatic rings. The Hall–Kier alpha value is -2.57. The van der Waals surface area contributed by atoms with Crippen molar-refractivity contribution in [3.8, 4) is 0 Å². The third-order valence-electron chi connectivity index (χ3n) is 5.97. The molecule has 29 heavy (non-hydrogen) atoms. The van der Waals surface area contributed by atoms with Gasteiger partial charge in [0.15, 0.2) is 0 Å². The molecule has 2 saturated heterocycles. The highest BCUT2D eigenvalue weighted by Gasteiger charge is 2.29. The van der Waals surface area contributed by atoms with Crippen LogP contribution in [-0.2, 0) is 20.9 Å². The number of piperidine rings is 2. The van der Waals surface area contributed by atoms with E-state index in [-0.39, 0.29) is 18.6 Å². The van der Waals surface area contributed by atoms with Gasteiger partial charge >= 0.3 is 12.1 Å². The number of rotatable bonds is 6. The number of carbonyl (C=O) groups excluding carboxylic acids is 2. The fourth-order valence-corrected chi connectivity index (χ4v) is 4.11. The van der Waals surface area contributed by atoms with E-state index in [0.29, 0.717) is 44.9 Å². The van der Waals surface area contributed by atoms with Gasteiger partial charge in [-0.1, -0.05) is 30.3 Å². The van der Waals surface area contributed by atoms with Crippen molar-refractivity contribution in [1.82, 2.24) is 9.80 Å². The van der Waals surface area contributed by atoms with Crippen LogP contribution >= 0.6 is 0 Å². The van der Waals surface area contributed by atoms with Gasteiger partial charge in [-0.15, -0.1) is 0 Å². The minimum atomic E-state index is -0.811. The van der Waals surface area contributed by atoms with Crippen LogP contribution in [0.4, 0.5) is 4.79 Å². The van der Waals surface area contributed by atoms with E-state index in [4.69, 9.17) is 9.84 Å². The SMILES string of the molecule is O=C(O)C1CCCN(C(=O)CCC2CCN(C(=O)OCc3ccccc3)CC2)C1. The molecule has 7 nitrogen and oxygen atoms in total. The van der Waals surface area contributed by atoms with Gasteiger partial charge in [0.25, 0.3) is 0 Å². The van der Waals surface area contributed by atoms with Crippen molar-refractivity contribution in [2.75, 3.05) is 26.2 Å². The van der Waals surface area contributed by atoms with Gasteiger partial charge in [0.2, 0.25) is 5.91 Å². The highest BCUT2D eigenvalue weighted by Crippen LogP contribution is 2.24. The van der Waals surface area contributed by atoms with Crippen molar-refractivity contribution in [3.05, 3.63) is 35.9 Å². The number of amides is 2. The zero-order valence-corrected chi connectivity index (χ0v) is 16.8. The van der Waals surface area contributed by atoms with Crippen LogP contribution in [0.1, 0.15) is 44.1 Å². The molecule has 2 heterocycles. The summed E-state index contributed by atoms with van der Waals surface area (Å²) >= 11 is 0. The lowest BCUT2D eigenvalue weighted by atomic mass is 9.91. The van der Waals surface area contributed by atoms with E-state index in [2.05, 4.69) is 0 Å². The van der Waals surface area contributed by atoms with Crippen molar-refractivity contribution in [3.63, 3.8) is 0 Å². The van der Waals surface area contributed by atoms with Crippen molar-refractivity contribution >= 4 is 18.0 Å². The molecule has 0 spiro atoms. The topological polar surface area (TPSA) is 87.2 Å². The monoisotopic (exact) mass is 402 g/mol. The van der Waals surface area contributed by atoms with E-state index in [1.807, 2.05) is 30.3 Å². The van der Waals surface area contributed by atoms with E-state index >= 15 is 0 Å². The maximum Gasteiger partial charge on any atom is 0.410 e. The average molecular weight is 402 g/mol. The second-order valence-corrected chi connectivity index (χ2v) is 8.03. The molecule has 0 aromatic heterocycles. The minimum absolute atomic E-state index is 0.0562. The number of carbonyl (C=O) groups is 3. The Labute approximate surface area is 171 Å². The zero-order chi connectivity index (χ0) is 20.6. The first-order valence-corrected chi connectivity index (χ1v) is 10.5. The van der Waals surface area contributed by atoms with Gasteiger partial charge in [0, 0.05) is 32.6 Å². The van der Waals surface area contributed by atoms with Gasteiger partial charge in [-0.25, -0.2) is 4.79 Å². The average Bonchev–Trinajstić information content (AvgIpc) is 2.77.